The zero-order chi connectivity index (χ0) is 8.27. The van der Waals surface area contributed by atoms with Gasteiger partial charge in [-0.3, -0.25) is 0 Å². The first kappa shape index (κ1) is 8.05. The molecule has 0 saturated carbocycles. The average molecular weight is 152 g/mol. The van der Waals surface area contributed by atoms with E-state index in [1.54, 1.807) is 12.2 Å². The van der Waals surface area contributed by atoms with Gasteiger partial charge in [0.25, 0.3) is 0 Å². The van der Waals surface area contributed by atoms with E-state index in [1.807, 2.05) is 6.08 Å². The van der Waals surface area contributed by atoms with Gasteiger partial charge in [0.15, 0.2) is 0 Å². The average Bonchev–Trinajstić information content (AvgIpc) is 2.05. The van der Waals surface area contributed by atoms with Gasteiger partial charge in [0.2, 0.25) is 0 Å². The molecule has 1 aliphatic rings. The number of rotatable bonds is 2. The van der Waals surface area contributed by atoms with Crippen LogP contribution in [0.2, 0.25) is 0 Å². The van der Waals surface area contributed by atoms with Crippen LogP contribution in [0.25, 0.3) is 0 Å². The largest absolute Gasteiger partial charge is 0.478 e. The molecule has 0 aromatic carbocycles. The van der Waals surface area contributed by atoms with Crippen LogP contribution in [0, 0.1) is 5.92 Å². The lowest BCUT2D eigenvalue weighted by atomic mass is 9.95. The summed E-state index contributed by atoms with van der Waals surface area (Å²) in [6.45, 7) is 2.11. The molecule has 1 atom stereocenters. The van der Waals surface area contributed by atoms with Crippen LogP contribution in [0.15, 0.2) is 23.8 Å². The molecule has 1 unspecified atom stereocenters. The molecule has 0 aromatic rings. The van der Waals surface area contributed by atoms with Crippen molar-refractivity contribution in [3.8, 4) is 0 Å². The van der Waals surface area contributed by atoms with Crippen molar-refractivity contribution < 1.29 is 9.90 Å². The minimum Gasteiger partial charge on any atom is -0.478 e. The first-order chi connectivity index (χ1) is 5.24. The van der Waals surface area contributed by atoms with Gasteiger partial charge in [0.05, 0.1) is 5.57 Å². The molecule has 2 heteroatoms. The van der Waals surface area contributed by atoms with Gasteiger partial charge >= 0.3 is 5.97 Å². The number of carboxylic acid groups (broad SMARTS) is 1. The molecule has 60 valence electrons. The predicted molar refractivity (Wildman–Crippen MR) is 43.3 cm³/mol. The van der Waals surface area contributed by atoms with E-state index < -0.39 is 5.97 Å². The summed E-state index contributed by atoms with van der Waals surface area (Å²) >= 11 is 0. The van der Waals surface area contributed by atoms with Gasteiger partial charge in [-0.2, -0.15) is 0 Å². The second-order valence-corrected chi connectivity index (χ2v) is 2.73. The summed E-state index contributed by atoms with van der Waals surface area (Å²) in [4.78, 5) is 10.4. The van der Waals surface area contributed by atoms with E-state index in [9.17, 15) is 4.79 Å². The first-order valence-electron chi connectivity index (χ1n) is 3.85. The molecular weight excluding hydrogens is 140 g/mol. The van der Waals surface area contributed by atoms with Crippen molar-refractivity contribution in [1.29, 1.82) is 0 Å². The fraction of sp³-hybridized carbons (Fsp3) is 0.444. The molecule has 0 saturated heterocycles. The summed E-state index contributed by atoms with van der Waals surface area (Å²) in [6.07, 6.45) is 7.41. The Morgan fingerprint density at radius 2 is 2.55 bits per heavy atom. The van der Waals surface area contributed by atoms with E-state index in [4.69, 9.17) is 5.11 Å². The molecule has 0 bridgehead atoms. The van der Waals surface area contributed by atoms with Crippen molar-refractivity contribution in [2.45, 2.75) is 19.8 Å². The quantitative estimate of drug-likeness (QED) is 0.657. The van der Waals surface area contributed by atoms with Crippen molar-refractivity contribution >= 4 is 5.97 Å². The Morgan fingerprint density at radius 1 is 1.82 bits per heavy atom. The lowest BCUT2D eigenvalue weighted by molar-refractivity contribution is -0.132. The molecule has 0 amide bonds. The Bertz CT molecular complexity index is 214. The molecule has 0 spiro atoms. The van der Waals surface area contributed by atoms with Gasteiger partial charge in [0.1, 0.15) is 0 Å². The van der Waals surface area contributed by atoms with Crippen LogP contribution in [0.1, 0.15) is 19.8 Å². The second-order valence-electron chi connectivity index (χ2n) is 2.73. The minimum absolute atomic E-state index is 0.426. The van der Waals surface area contributed by atoms with E-state index in [1.165, 1.54) is 0 Å². The van der Waals surface area contributed by atoms with Gasteiger partial charge < -0.3 is 5.11 Å². The molecule has 0 aromatic heterocycles. The van der Waals surface area contributed by atoms with Crippen LogP contribution in [-0.2, 0) is 4.79 Å². The van der Waals surface area contributed by atoms with Gasteiger partial charge in [0, 0.05) is 0 Å². The Morgan fingerprint density at radius 3 is 2.91 bits per heavy atom. The summed E-state index contributed by atoms with van der Waals surface area (Å²) in [7, 11) is 0. The van der Waals surface area contributed by atoms with Crippen LogP contribution in [0.5, 0.6) is 0 Å². The Hall–Kier alpha value is -1.05. The monoisotopic (exact) mass is 152 g/mol. The fourth-order valence-corrected chi connectivity index (χ4v) is 1.13. The molecule has 0 radical (unpaired) electrons. The van der Waals surface area contributed by atoms with Crippen LogP contribution < -0.4 is 0 Å². The zero-order valence-electron chi connectivity index (χ0n) is 6.58. The molecule has 0 aliphatic heterocycles. The van der Waals surface area contributed by atoms with E-state index >= 15 is 0 Å². The molecular formula is C9H12O2. The van der Waals surface area contributed by atoms with E-state index in [0.29, 0.717) is 11.5 Å². The maximum absolute atomic E-state index is 10.4. The Kier molecular flexibility index (Phi) is 2.47. The number of carbonyl (C=O) groups is 1. The smallest absolute Gasteiger partial charge is 0.335 e. The molecule has 1 aliphatic carbocycles. The highest BCUT2D eigenvalue weighted by Crippen LogP contribution is 2.18. The van der Waals surface area contributed by atoms with Crippen LogP contribution in [0.3, 0.4) is 0 Å². The lowest BCUT2D eigenvalue weighted by Gasteiger charge is -2.11. The fourth-order valence-electron chi connectivity index (χ4n) is 1.13. The summed E-state index contributed by atoms with van der Waals surface area (Å²) in [5, 5.41) is 8.58. The van der Waals surface area contributed by atoms with E-state index in [2.05, 4.69) is 6.92 Å². The number of hydrogen-bond acceptors (Lipinski definition) is 1. The Labute approximate surface area is 66.2 Å². The lowest BCUT2D eigenvalue weighted by Crippen LogP contribution is -2.04. The number of carboxylic acids is 1. The molecule has 11 heavy (non-hydrogen) atoms. The van der Waals surface area contributed by atoms with E-state index in [0.717, 1.165) is 12.8 Å². The minimum atomic E-state index is -0.823. The third-order valence-electron chi connectivity index (χ3n) is 1.96. The van der Waals surface area contributed by atoms with E-state index in [-0.39, 0.29) is 0 Å². The molecule has 1 rings (SSSR count). The Balaban J connectivity index is 2.60. The number of hydrogen-bond donors (Lipinski definition) is 1. The molecule has 0 heterocycles. The van der Waals surface area contributed by atoms with Crippen LogP contribution in [0.4, 0.5) is 0 Å². The molecule has 1 N–H and O–H groups in total. The van der Waals surface area contributed by atoms with Gasteiger partial charge in [-0.1, -0.05) is 25.2 Å². The highest BCUT2D eigenvalue weighted by atomic mass is 16.4. The number of aliphatic carboxylic acids is 1. The summed E-state index contributed by atoms with van der Waals surface area (Å²) < 4.78 is 0. The zero-order valence-corrected chi connectivity index (χ0v) is 6.58. The van der Waals surface area contributed by atoms with Crippen molar-refractivity contribution in [2.75, 3.05) is 0 Å². The normalized spacial score (nSPS) is 23.0. The van der Waals surface area contributed by atoms with Crippen LogP contribution >= 0.6 is 0 Å². The maximum atomic E-state index is 10.4. The third kappa shape index (κ3) is 1.93. The summed E-state index contributed by atoms with van der Waals surface area (Å²) in [6, 6.07) is 0. The molecule has 0 fully saturated rings. The van der Waals surface area contributed by atoms with Gasteiger partial charge in [-0.25, -0.2) is 4.79 Å². The SMILES string of the molecule is CCC1C=CC(C(=O)O)=CC1. The standard InChI is InChI=1S/C9H12O2/c1-2-7-3-5-8(6-4-7)9(10)11/h3,5-7H,2,4H2,1H3,(H,10,11). The van der Waals surface area contributed by atoms with Crippen molar-refractivity contribution in [3.63, 3.8) is 0 Å². The topological polar surface area (TPSA) is 37.3 Å². The highest BCUT2D eigenvalue weighted by Gasteiger charge is 2.10. The van der Waals surface area contributed by atoms with Crippen molar-refractivity contribution in [2.24, 2.45) is 5.92 Å². The van der Waals surface area contributed by atoms with Crippen molar-refractivity contribution in [1.82, 2.24) is 0 Å². The van der Waals surface area contributed by atoms with Gasteiger partial charge in [-0.05, 0) is 18.8 Å². The first-order valence-corrected chi connectivity index (χ1v) is 3.85. The molecule has 2 nitrogen and oxygen atoms in total. The second kappa shape index (κ2) is 3.37. The van der Waals surface area contributed by atoms with Gasteiger partial charge in [-0.15, -0.1) is 0 Å². The highest BCUT2D eigenvalue weighted by molar-refractivity contribution is 5.90. The van der Waals surface area contributed by atoms with Crippen molar-refractivity contribution in [3.05, 3.63) is 23.8 Å². The number of allylic oxidation sites excluding steroid dienone is 2. The predicted octanol–water partition coefficient (Wildman–Crippen LogP) is 1.98. The maximum Gasteiger partial charge on any atom is 0.335 e. The van der Waals surface area contributed by atoms with Crippen LogP contribution in [-0.4, -0.2) is 11.1 Å². The summed E-state index contributed by atoms with van der Waals surface area (Å²) in [5.41, 5.74) is 0.426. The summed E-state index contributed by atoms with van der Waals surface area (Å²) in [5.74, 6) is -0.283. The third-order valence-corrected chi connectivity index (χ3v) is 1.96.